The molecule has 80 valence electrons. The van der Waals surface area contributed by atoms with Crippen molar-refractivity contribution < 1.29 is 0 Å². The van der Waals surface area contributed by atoms with E-state index in [0.717, 1.165) is 6.42 Å². The van der Waals surface area contributed by atoms with Crippen LogP contribution in [0.5, 0.6) is 0 Å². The Balaban J connectivity index is 0.00000112. The first kappa shape index (κ1) is 12.0. The van der Waals surface area contributed by atoms with E-state index >= 15 is 0 Å². The number of rotatable bonds is 2. The lowest BCUT2D eigenvalue weighted by Gasteiger charge is -2.12. The van der Waals surface area contributed by atoms with Crippen LogP contribution in [0.25, 0.3) is 10.8 Å². The van der Waals surface area contributed by atoms with Gasteiger partial charge in [-0.2, -0.15) is 0 Å². The summed E-state index contributed by atoms with van der Waals surface area (Å²) in [7, 11) is 0. The average molecular weight is 222 g/mol. The van der Waals surface area contributed by atoms with Gasteiger partial charge >= 0.3 is 0 Å². The Morgan fingerprint density at radius 2 is 1.73 bits per heavy atom. The van der Waals surface area contributed by atoms with Crippen molar-refractivity contribution in [3.05, 3.63) is 48.0 Å². The van der Waals surface area contributed by atoms with Gasteiger partial charge in [-0.25, -0.2) is 0 Å². The van der Waals surface area contributed by atoms with Crippen LogP contribution in [0.3, 0.4) is 0 Å². The SMILES string of the molecule is CC[C@H](N)c1cccc2ccccc12.Cl. The standard InChI is InChI=1S/C13H15N.ClH/c1-2-13(14)12-9-5-7-10-6-3-4-8-11(10)12;/h3-9,13H,2,14H2,1H3;1H/t13-;/m0./s1. The average Bonchev–Trinajstić information content (AvgIpc) is 2.27. The number of halogens is 1. The van der Waals surface area contributed by atoms with E-state index in [0.29, 0.717) is 0 Å². The fraction of sp³-hybridized carbons (Fsp3) is 0.231. The maximum Gasteiger partial charge on any atom is 0.0298 e. The summed E-state index contributed by atoms with van der Waals surface area (Å²) in [5, 5.41) is 2.55. The van der Waals surface area contributed by atoms with Crippen molar-refractivity contribution in [2.75, 3.05) is 0 Å². The van der Waals surface area contributed by atoms with Crippen LogP contribution < -0.4 is 5.73 Å². The molecule has 0 aromatic heterocycles. The number of hydrogen-bond acceptors (Lipinski definition) is 1. The van der Waals surface area contributed by atoms with Gasteiger partial charge in [0.25, 0.3) is 0 Å². The second-order valence-electron chi connectivity index (χ2n) is 3.58. The molecular formula is C13H16ClN. The van der Waals surface area contributed by atoms with Crippen molar-refractivity contribution in [2.45, 2.75) is 19.4 Å². The molecule has 1 nitrogen and oxygen atoms in total. The first-order valence-corrected chi connectivity index (χ1v) is 5.06. The summed E-state index contributed by atoms with van der Waals surface area (Å²) in [5.41, 5.74) is 7.32. The highest BCUT2D eigenvalue weighted by Gasteiger charge is 2.06. The van der Waals surface area contributed by atoms with E-state index in [1.165, 1.54) is 16.3 Å². The van der Waals surface area contributed by atoms with E-state index in [9.17, 15) is 0 Å². The van der Waals surface area contributed by atoms with Gasteiger partial charge < -0.3 is 5.73 Å². The third-order valence-corrected chi connectivity index (χ3v) is 2.66. The topological polar surface area (TPSA) is 26.0 Å². The van der Waals surface area contributed by atoms with E-state index in [1.54, 1.807) is 0 Å². The van der Waals surface area contributed by atoms with Crippen LogP contribution in [-0.2, 0) is 0 Å². The molecule has 0 aliphatic carbocycles. The third-order valence-electron chi connectivity index (χ3n) is 2.66. The lowest BCUT2D eigenvalue weighted by Crippen LogP contribution is -2.08. The van der Waals surface area contributed by atoms with Crippen LogP contribution in [0.1, 0.15) is 24.9 Å². The molecule has 2 heteroatoms. The summed E-state index contributed by atoms with van der Waals surface area (Å²) in [6.45, 7) is 2.12. The highest BCUT2D eigenvalue weighted by molar-refractivity contribution is 5.86. The summed E-state index contributed by atoms with van der Waals surface area (Å²) >= 11 is 0. The fourth-order valence-electron chi connectivity index (χ4n) is 1.79. The molecule has 0 unspecified atom stereocenters. The fourth-order valence-corrected chi connectivity index (χ4v) is 1.79. The van der Waals surface area contributed by atoms with Gasteiger partial charge in [-0.1, -0.05) is 49.4 Å². The van der Waals surface area contributed by atoms with Crippen molar-refractivity contribution in [2.24, 2.45) is 5.73 Å². The van der Waals surface area contributed by atoms with E-state index in [-0.39, 0.29) is 18.4 Å². The summed E-state index contributed by atoms with van der Waals surface area (Å²) in [4.78, 5) is 0. The Morgan fingerprint density at radius 1 is 1.07 bits per heavy atom. The Labute approximate surface area is 96.7 Å². The minimum Gasteiger partial charge on any atom is -0.324 e. The van der Waals surface area contributed by atoms with Crippen molar-refractivity contribution in [3.8, 4) is 0 Å². The lowest BCUT2D eigenvalue weighted by atomic mass is 9.98. The second-order valence-corrected chi connectivity index (χ2v) is 3.58. The highest BCUT2D eigenvalue weighted by Crippen LogP contribution is 2.24. The zero-order chi connectivity index (χ0) is 9.97. The van der Waals surface area contributed by atoms with E-state index in [2.05, 4.69) is 49.4 Å². The van der Waals surface area contributed by atoms with Gasteiger partial charge in [-0.05, 0) is 22.8 Å². The zero-order valence-corrected chi connectivity index (χ0v) is 9.63. The molecule has 0 aliphatic rings. The van der Waals surface area contributed by atoms with Crippen molar-refractivity contribution in [1.82, 2.24) is 0 Å². The number of nitrogens with two attached hydrogens (primary N) is 1. The monoisotopic (exact) mass is 221 g/mol. The minimum atomic E-state index is 0. The zero-order valence-electron chi connectivity index (χ0n) is 8.81. The maximum atomic E-state index is 6.06. The van der Waals surface area contributed by atoms with Crippen LogP contribution in [0.15, 0.2) is 42.5 Å². The minimum absolute atomic E-state index is 0. The van der Waals surface area contributed by atoms with E-state index < -0.39 is 0 Å². The predicted octanol–water partition coefficient (Wildman–Crippen LogP) is 3.67. The molecule has 0 amide bonds. The lowest BCUT2D eigenvalue weighted by molar-refractivity contribution is 0.704. The van der Waals surface area contributed by atoms with Crippen molar-refractivity contribution in [1.29, 1.82) is 0 Å². The molecular weight excluding hydrogens is 206 g/mol. The van der Waals surface area contributed by atoms with Crippen molar-refractivity contribution >= 4 is 23.2 Å². The normalized spacial score (nSPS) is 12.1. The number of benzene rings is 2. The molecule has 15 heavy (non-hydrogen) atoms. The quantitative estimate of drug-likeness (QED) is 0.823. The van der Waals surface area contributed by atoms with Gasteiger partial charge in [0, 0.05) is 6.04 Å². The molecule has 0 radical (unpaired) electrons. The molecule has 0 bridgehead atoms. The summed E-state index contributed by atoms with van der Waals surface area (Å²) in [6, 6.07) is 14.9. The van der Waals surface area contributed by atoms with Crippen LogP contribution >= 0.6 is 12.4 Å². The first-order chi connectivity index (χ1) is 6.83. The van der Waals surface area contributed by atoms with Gasteiger partial charge in [-0.15, -0.1) is 12.4 Å². The first-order valence-electron chi connectivity index (χ1n) is 5.06. The molecule has 0 heterocycles. The van der Waals surface area contributed by atoms with Crippen LogP contribution in [0.2, 0.25) is 0 Å². The Kier molecular flexibility index (Phi) is 4.13. The largest absolute Gasteiger partial charge is 0.324 e. The van der Waals surface area contributed by atoms with Gasteiger partial charge in [-0.3, -0.25) is 0 Å². The van der Waals surface area contributed by atoms with Gasteiger partial charge in [0.1, 0.15) is 0 Å². The Bertz CT molecular complexity index is 434. The summed E-state index contributed by atoms with van der Waals surface area (Å²) in [5.74, 6) is 0. The molecule has 2 aromatic carbocycles. The van der Waals surface area contributed by atoms with Gasteiger partial charge in [0.2, 0.25) is 0 Å². The smallest absolute Gasteiger partial charge is 0.0298 e. The van der Waals surface area contributed by atoms with Crippen LogP contribution in [0.4, 0.5) is 0 Å². The number of hydrogen-bond donors (Lipinski definition) is 1. The molecule has 2 rings (SSSR count). The van der Waals surface area contributed by atoms with Gasteiger partial charge in [0.05, 0.1) is 0 Å². The Hall–Kier alpha value is -1.05. The summed E-state index contributed by atoms with van der Waals surface area (Å²) < 4.78 is 0. The molecule has 0 spiro atoms. The molecule has 2 N–H and O–H groups in total. The van der Waals surface area contributed by atoms with E-state index in [1.807, 2.05) is 0 Å². The molecule has 0 aliphatic heterocycles. The van der Waals surface area contributed by atoms with Crippen molar-refractivity contribution in [3.63, 3.8) is 0 Å². The highest BCUT2D eigenvalue weighted by atomic mass is 35.5. The molecule has 0 fully saturated rings. The molecule has 2 aromatic rings. The predicted molar refractivity (Wildman–Crippen MR) is 68.4 cm³/mol. The third kappa shape index (κ3) is 2.31. The molecule has 1 atom stereocenters. The van der Waals surface area contributed by atoms with Gasteiger partial charge in [0.15, 0.2) is 0 Å². The maximum absolute atomic E-state index is 6.06. The molecule has 0 saturated carbocycles. The Morgan fingerprint density at radius 3 is 2.47 bits per heavy atom. The van der Waals surface area contributed by atoms with E-state index in [4.69, 9.17) is 5.73 Å². The molecule has 0 saturated heterocycles. The second kappa shape index (κ2) is 5.15. The summed E-state index contributed by atoms with van der Waals surface area (Å²) in [6.07, 6.45) is 0.980. The van der Waals surface area contributed by atoms with Crippen LogP contribution in [-0.4, -0.2) is 0 Å². The number of fused-ring (bicyclic) bond motifs is 1. The van der Waals surface area contributed by atoms with Crippen LogP contribution in [0, 0.1) is 0 Å².